The minimum Gasteiger partial charge on any atom is -0.322 e. The first-order valence-corrected chi connectivity index (χ1v) is 13.5. The molecule has 2 N–H and O–H groups in total. The van der Waals surface area contributed by atoms with Crippen LogP contribution in [-0.4, -0.2) is 36.0 Å². The molecule has 0 aliphatic rings. The van der Waals surface area contributed by atoms with Crippen molar-refractivity contribution in [1.29, 1.82) is 5.26 Å². The lowest BCUT2D eigenvalue weighted by atomic mass is 10.0. The number of amides is 2. The zero-order chi connectivity index (χ0) is 24.1. The van der Waals surface area contributed by atoms with Gasteiger partial charge in [0.2, 0.25) is 0 Å². The Labute approximate surface area is 192 Å². The number of hydrogen-bond acceptors (Lipinski definition) is 3. The largest absolute Gasteiger partial charge is 0.322 e. The van der Waals surface area contributed by atoms with Gasteiger partial charge in [-0.2, -0.15) is 5.26 Å². The third kappa shape index (κ3) is 5.56. The molecule has 0 aliphatic carbocycles. The molecular weight excluding hydrogens is 417 g/mol. The maximum atomic E-state index is 13.3. The molecule has 170 valence electrons. The molecule has 0 saturated carbocycles. The highest BCUT2D eigenvalue weighted by molar-refractivity contribution is 7.78. The number of carbonyl (C=O) groups is 2. The number of hydrogen-bond donors (Lipinski definition) is 2. The fraction of sp³-hybridized carbons (Fsp3) is 0.423. The van der Waals surface area contributed by atoms with Crippen molar-refractivity contribution in [3.05, 3.63) is 58.1 Å². The maximum absolute atomic E-state index is 13.3. The predicted molar refractivity (Wildman–Crippen MR) is 136 cm³/mol. The number of anilines is 2. The molecule has 2 amide bonds. The van der Waals surface area contributed by atoms with Gasteiger partial charge in [0, 0.05) is 18.6 Å². The fourth-order valence-corrected chi connectivity index (χ4v) is 7.79. The third-order valence-corrected chi connectivity index (χ3v) is 11.9. The quantitative estimate of drug-likeness (QED) is 0.496. The van der Waals surface area contributed by atoms with Gasteiger partial charge in [-0.1, -0.05) is 18.2 Å². The summed E-state index contributed by atoms with van der Waals surface area (Å²) in [4.78, 5) is 26.4. The molecule has 0 aromatic heterocycles. The summed E-state index contributed by atoms with van der Waals surface area (Å²) in [5.41, 5.74) is 5.75. The number of benzene rings is 2. The van der Waals surface area contributed by atoms with Crippen molar-refractivity contribution in [1.82, 2.24) is 0 Å². The van der Waals surface area contributed by atoms with Crippen molar-refractivity contribution in [3.8, 4) is 6.07 Å². The fourth-order valence-electron chi connectivity index (χ4n) is 4.31. The van der Waals surface area contributed by atoms with Gasteiger partial charge in [-0.25, -0.2) is 0 Å². The average Bonchev–Trinajstić information content (AvgIpc) is 2.76. The Balaban J connectivity index is 2.23. The van der Waals surface area contributed by atoms with Gasteiger partial charge >= 0.3 is 0 Å². The lowest BCUT2D eigenvalue weighted by Gasteiger charge is -2.30. The van der Waals surface area contributed by atoms with E-state index in [0.29, 0.717) is 11.7 Å². The third-order valence-electron chi connectivity index (χ3n) is 6.57. The number of para-hydroxylation sites is 1. The molecule has 2 rings (SSSR count). The molecule has 0 heterocycles. The molecule has 1 atom stereocenters. The maximum Gasteiger partial charge on any atom is 0.264 e. The van der Waals surface area contributed by atoms with E-state index in [1.807, 2.05) is 52.8 Å². The van der Waals surface area contributed by atoms with Gasteiger partial charge in [0.25, 0.3) is 11.8 Å². The average molecular weight is 453 g/mol. The Morgan fingerprint density at radius 1 is 0.938 bits per heavy atom. The van der Waals surface area contributed by atoms with Crippen LogP contribution in [0.1, 0.15) is 48.6 Å². The molecule has 0 saturated heterocycles. The number of nitriles is 1. The molecule has 0 radical (unpaired) electrons. The summed E-state index contributed by atoms with van der Waals surface area (Å²) < 4.78 is 0. The van der Waals surface area contributed by atoms with Crippen molar-refractivity contribution >= 4 is 30.5 Å². The summed E-state index contributed by atoms with van der Waals surface area (Å²) in [5.74, 6) is -0.0809. The van der Waals surface area contributed by atoms with E-state index in [1.54, 1.807) is 12.1 Å². The first-order chi connectivity index (χ1) is 15.1. The van der Waals surface area contributed by atoms with Crippen LogP contribution in [0.2, 0.25) is 0 Å². The van der Waals surface area contributed by atoms with Crippen LogP contribution in [0, 0.1) is 39.0 Å². The predicted octanol–water partition coefficient (Wildman–Crippen LogP) is 5.82. The first-order valence-electron chi connectivity index (χ1n) is 11.1. The molecule has 2 aromatic carbocycles. The second-order valence-electron chi connectivity index (χ2n) is 8.59. The second-order valence-corrected chi connectivity index (χ2v) is 13.4. The second kappa shape index (κ2) is 10.7. The van der Waals surface area contributed by atoms with Crippen LogP contribution in [0.4, 0.5) is 11.4 Å². The number of carbonyl (C=O) groups excluding carboxylic acids is 2. The lowest BCUT2D eigenvalue weighted by Crippen LogP contribution is -2.34. The van der Waals surface area contributed by atoms with Crippen molar-refractivity contribution in [2.24, 2.45) is 0 Å². The van der Waals surface area contributed by atoms with E-state index in [9.17, 15) is 14.9 Å². The van der Waals surface area contributed by atoms with E-state index in [2.05, 4.69) is 30.6 Å². The highest BCUT2D eigenvalue weighted by Crippen LogP contribution is 2.62. The van der Waals surface area contributed by atoms with Crippen LogP contribution < -0.4 is 10.6 Å². The van der Waals surface area contributed by atoms with Crippen LogP contribution in [-0.2, 0) is 9.59 Å². The minimum absolute atomic E-state index is 0.0233. The normalized spacial score (nSPS) is 12.1. The van der Waals surface area contributed by atoms with Crippen LogP contribution >= 0.6 is 7.26 Å². The summed E-state index contributed by atoms with van der Waals surface area (Å²) >= 11 is 0. The molecule has 32 heavy (non-hydrogen) atoms. The van der Waals surface area contributed by atoms with Gasteiger partial charge in [0.05, 0.1) is 24.0 Å². The first kappa shape index (κ1) is 25.6. The number of nitrogens with zero attached hydrogens (tertiary/aromatic N) is 1. The minimum atomic E-state index is -1.89. The molecule has 2 aromatic rings. The monoisotopic (exact) mass is 452 g/mol. The molecule has 0 spiro atoms. The van der Waals surface area contributed by atoms with E-state index in [-0.39, 0.29) is 17.5 Å². The smallest absolute Gasteiger partial charge is 0.264 e. The highest BCUT2D eigenvalue weighted by atomic mass is 31.2. The van der Waals surface area contributed by atoms with Crippen molar-refractivity contribution in [2.75, 3.05) is 29.1 Å². The highest BCUT2D eigenvalue weighted by Gasteiger charge is 2.46. The van der Waals surface area contributed by atoms with E-state index >= 15 is 0 Å². The Morgan fingerprint density at radius 3 is 1.91 bits per heavy atom. The van der Waals surface area contributed by atoms with Crippen LogP contribution in [0.15, 0.2) is 30.3 Å². The summed E-state index contributed by atoms with van der Waals surface area (Å²) in [6.45, 7) is 13.9. The van der Waals surface area contributed by atoms with E-state index < -0.39 is 7.26 Å². The van der Waals surface area contributed by atoms with E-state index in [4.69, 9.17) is 0 Å². The zero-order valence-corrected chi connectivity index (χ0v) is 21.2. The summed E-state index contributed by atoms with van der Waals surface area (Å²) in [5, 5.41) is 15.4. The summed E-state index contributed by atoms with van der Waals surface area (Å²) in [6, 6.07) is 11.7. The van der Waals surface area contributed by atoms with E-state index in [0.717, 1.165) is 46.0 Å². The Hall–Kier alpha value is -2.70. The molecular formula is C26H35N3O2P+. The SMILES string of the molecule is CC[P+](CC)(CC(=O)Nc1c(C)cccc1C)C(C)C(=O)Nc1c(C)cc(C#N)cc1C. The van der Waals surface area contributed by atoms with Crippen LogP contribution in [0.25, 0.3) is 0 Å². The van der Waals surface area contributed by atoms with Crippen molar-refractivity contribution in [3.63, 3.8) is 0 Å². The number of rotatable bonds is 8. The van der Waals surface area contributed by atoms with Crippen LogP contribution in [0.3, 0.4) is 0 Å². The number of nitrogens with one attached hydrogen (secondary N) is 2. The van der Waals surface area contributed by atoms with Gasteiger partial charge < -0.3 is 10.6 Å². The molecule has 6 heteroatoms. The summed E-state index contributed by atoms with van der Waals surface area (Å²) in [7, 11) is -1.89. The molecule has 0 bridgehead atoms. The zero-order valence-electron chi connectivity index (χ0n) is 20.3. The summed E-state index contributed by atoms with van der Waals surface area (Å²) in [6.07, 6.45) is 2.03. The molecule has 1 unspecified atom stereocenters. The van der Waals surface area contributed by atoms with Gasteiger partial charge in [-0.15, -0.1) is 0 Å². The van der Waals surface area contributed by atoms with Crippen LogP contribution in [0.5, 0.6) is 0 Å². The van der Waals surface area contributed by atoms with Gasteiger partial charge in [0.1, 0.15) is 11.8 Å². The van der Waals surface area contributed by atoms with Gasteiger partial charge in [0.15, 0.2) is 0 Å². The van der Waals surface area contributed by atoms with E-state index in [1.165, 1.54) is 0 Å². The Morgan fingerprint density at radius 2 is 1.44 bits per heavy atom. The number of aryl methyl sites for hydroxylation is 4. The van der Waals surface area contributed by atoms with Crippen molar-refractivity contribution in [2.45, 2.75) is 54.1 Å². The van der Waals surface area contributed by atoms with Gasteiger partial charge in [-0.3, -0.25) is 9.59 Å². The molecule has 5 nitrogen and oxygen atoms in total. The lowest BCUT2D eigenvalue weighted by molar-refractivity contribution is -0.115. The Bertz CT molecular complexity index is 1010. The Kier molecular flexibility index (Phi) is 8.58. The topological polar surface area (TPSA) is 82.0 Å². The standard InChI is InChI=1S/C26H34N3O2P/c1-8-32(9-2,16-23(30)28-24-17(3)11-10-12-18(24)4)21(7)26(31)29-25-19(5)13-22(15-27)14-20(25)6/h10-14,21H,8-9,16H2,1-7H3,(H-,28,29,30,31)/p+1. The van der Waals surface area contributed by atoms with Crippen molar-refractivity contribution < 1.29 is 9.59 Å². The van der Waals surface area contributed by atoms with Gasteiger partial charge in [-0.05, 0) is 82.9 Å². The molecule has 0 fully saturated rings. The molecule has 0 aliphatic heterocycles.